The van der Waals surface area contributed by atoms with Crippen LogP contribution in [0.5, 0.6) is 0 Å². The third kappa shape index (κ3) is 4.88. The minimum Gasteiger partial charge on any atom is -0.454 e. The Bertz CT molecular complexity index is 2910. The fraction of sp³-hybridized carbons (Fsp3) is 0. The van der Waals surface area contributed by atoms with Gasteiger partial charge in [-0.3, -0.25) is 0 Å². The van der Waals surface area contributed by atoms with Crippen molar-refractivity contribution in [3.63, 3.8) is 0 Å². The summed E-state index contributed by atoms with van der Waals surface area (Å²) < 4.78 is 6.77. The molecule has 0 saturated heterocycles. The van der Waals surface area contributed by atoms with E-state index < -0.39 is 0 Å². The highest BCUT2D eigenvalue weighted by Crippen LogP contribution is 2.50. The van der Waals surface area contributed by atoms with Crippen LogP contribution < -0.4 is 4.90 Å². The lowest BCUT2D eigenvalue weighted by atomic mass is 9.90. The van der Waals surface area contributed by atoms with Gasteiger partial charge in [-0.25, -0.2) is 0 Å². The third-order valence-electron chi connectivity index (χ3n) is 10.3. The molecule has 9 aromatic carbocycles. The first kappa shape index (κ1) is 30.0. The Kier molecular flexibility index (Phi) is 7.18. The molecule has 10 rings (SSSR count). The molecule has 0 aliphatic rings. The number of anilines is 3. The molecular formula is C50H33NO. The van der Waals surface area contributed by atoms with Crippen LogP contribution in [0, 0.1) is 0 Å². The number of hydrogen-bond donors (Lipinski definition) is 0. The summed E-state index contributed by atoms with van der Waals surface area (Å²) in [6, 6.07) is 71.7. The van der Waals surface area contributed by atoms with Gasteiger partial charge < -0.3 is 9.32 Å². The molecule has 0 amide bonds. The Morgan fingerprint density at radius 3 is 1.60 bits per heavy atom. The highest BCUT2D eigenvalue weighted by Gasteiger charge is 2.25. The molecule has 1 heterocycles. The summed E-state index contributed by atoms with van der Waals surface area (Å²) in [6.07, 6.45) is 0. The second-order valence-corrected chi connectivity index (χ2v) is 13.2. The van der Waals surface area contributed by atoms with Crippen molar-refractivity contribution < 1.29 is 4.42 Å². The fourth-order valence-electron chi connectivity index (χ4n) is 7.97. The standard InChI is InChI=1S/C50H33NO/c1-2-16-35(17-3-1)38-26-13-20-36-21-14-28-43(49(36)38)41-24-7-10-31-46(41)51(47-32-15-29-44-42-25-8-11-33-48(42)52-50(44)47)45-30-9-6-23-40(45)39-27-12-19-34-18-4-5-22-37(34)39/h1-33H. The minimum absolute atomic E-state index is 0.856. The first-order valence-corrected chi connectivity index (χ1v) is 17.8. The second-order valence-electron chi connectivity index (χ2n) is 13.2. The molecule has 2 nitrogen and oxygen atoms in total. The van der Waals surface area contributed by atoms with Crippen LogP contribution in [0.15, 0.2) is 205 Å². The van der Waals surface area contributed by atoms with E-state index in [2.05, 4.69) is 199 Å². The highest BCUT2D eigenvalue weighted by atomic mass is 16.3. The van der Waals surface area contributed by atoms with E-state index in [4.69, 9.17) is 4.42 Å². The van der Waals surface area contributed by atoms with Crippen LogP contribution in [0.1, 0.15) is 0 Å². The van der Waals surface area contributed by atoms with E-state index in [9.17, 15) is 0 Å². The Balaban J connectivity index is 1.30. The number of nitrogens with zero attached hydrogens (tertiary/aromatic N) is 1. The molecule has 244 valence electrons. The molecule has 1 aromatic heterocycles. The molecule has 0 atom stereocenters. The molecule has 0 aliphatic carbocycles. The summed E-state index contributed by atoms with van der Waals surface area (Å²) in [5.41, 5.74) is 11.9. The molecule has 0 unspecified atom stereocenters. The highest BCUT2D eigenvalue weighted by molar-refractivity contribution is 6.13. The lowest BCUT2D eigenvalue weighted by molar-refractivity contribution is 0.669. The SMILES string of the molecule is c1ccc(-c2cccc3cccc(-c4ccccc4N(c4ccccc4-c4cccc5ccccc45)c4cccc5c4oc4ccccc45)c23)cc1. The summed E-state index contributed by atoms with van der Waals surface area (Å²) >= 11 is 0. The average molecular weight is 664 g/mol. The molecule has 2 heteroatoms. The molecule has 0 fully saturated rings. The first-order valence-electron chi connectivity index (χ1n) is 17.8. The van der Waals surface area contributed by atoms with Crippen molar-refractivity contribution in [3.8, 4) is 33.4 Å². The molecule has 0 saturated carbocycles. The number of hydrogen-bond acceptors (Lipinski definition) is 2. The van der Waals surface area contributed by atoms with Crippen molar-refractivity contribution in [2.75, 3.05) is 4.90 Å². The van der Waals surface area contributed by atoms with E-state index in [1.807, 2.05) is 6.07 Å². The first-order chi connectivity index (χ1) is 25.8. The van der Waals surface area contributed by atoms with Crippen molar-refractivity contribution in [1.29, 1.82) is 0 Å². The van der Waals surface area contributed by atoms with Gasteiger partial charge >= 0.3 is 0 Å². The molecule has 0 spiro atoms. The maximum absolute atomic E-state index is 6.77. The lowest BCUT2D eigenvalue weighted by Crippen LogP contribution is -2.13. The topological polar surface area (TPSA) is 16.4 Å². The molecular weight excluding hydrogens is 631 g/mol. The number of para-hydroxylation sites is 4. The summed E-state index contributed by atoms with van der Waals surface area (Å²) in [4.78, 5) is 2.42. The largest absolute Gasteiger partial charge is 0.454 e. The Labute approximate surface area is 302 Å². The normalized spacial score (nSPS) is 11.5. The molecule has 10 aromatic rings. The van der Waals surface area contributed by atoms with Gasteiger partial charge in [-0.1, -0.05) is 176 Å². The van der Waals surface area contributed by atoms with E-state index in [1.54, 1.807) is 0 Å². The summed E-state index contributed by atoms with van der Waals surface area (Å²) in [7, 11) is 0. The van der Waals surface area contributed by atoms with Gasteiger partial charge in [-0.2, -0.15) is 0 Å². The average Bonchev–Trinajstić information content (AvgIpc) is 3.61. The van der Waals surface area contributed by atoms with Gasteiger partial charge in [0.1, 0.15) is 5.58 Å². The van der Waals surface area contributed by atoms with Gasteiger partial charge in [-0.05, 0) is 68.1 Å². The van der Waals surface area contributed by atoms with Crippen LogP contribution in [0.2, 0.25) is 0 Å². The smallest absolute Gasteiger partial charge is 0.159 e. The van der Waals surface area contributed by atoms with Crippen molar-refractivity contribution in [2.45, 2.75) is 0 Å². The summed E-state index contributed by atoms with van der Waals surface area (Å²) in [5, 5.41) is 7.06. The van der Waals surface area contributed by atoms with Crippen molar-refractivity contribution in [1.82, 2.24) is 0 Å². The zero-order valence-corrected chi connectivity index (χ0v) is 28.4. The van der Waals surface area contributed by atoms with Crippen LogP contribution in [-0.2, 0) is 0 Å². The van der Waals surface area contributed by atoms with E-state index in [0.29, 0.717) is 0 Å². The second kappa shape index (κ2) is 12.5. The monoisotopic (exact) mass is 663 g/mol. The lowest BCUT2D eigenvalue weighted by Gasteiger charge is -2.30. The molecule has 0 N–H and O–H groups in total. The van der Waals surface area contributed by atoms with Crippen LogP contribution in [0.3, 0.4) is 0 Å². The number of fused-ring (bicyclic) bond motifs is 5. The predicted octanol–water partition coefficient (Wildman–Crippen LogP) is 14.4. The van der Waals surface area contributed by atoms with E-state index in [1.165, 1.54) is 43.8 Å². The van der Waals surface area contributed by atoms with E-state index >= 15 is 0 Å². The molecule has 0 bridgehead atoms. The summed E-state index contributed by atoms with van der Waals surface area (Å²) in [6.45, 7) is 0. The Hall–Kier alpha value is -6.90. The maximum Gasteiger partial charge on any atom is 0.159 e. The number of rotatable bonds is 6. The van der Waals surface area contributed by atoms with E-state index in [0.717, 1.165) is 50.1 Å². The molecule has 52 heavy (non-hydrogen) atoms. The predicted molar refractivity (Wildman–Crippen MR) is 220 cm³/mol. The third-order valence-corrected chi connectivity index (χ3v) is 10.3. The minimum atomic E-state index is 0.856. The van der Waals surface area contributed by atoms with Gasteiger partial charge in [0, 0.05) is 21.9 Å². The van der Waals surface area contributed by atoms with Gasteiger partial charge in [0.25, 0.3) is 0 Å². The van der Waals surface area contributed by atoms with Crippen LogP contribution in [0.4, 0.5) is 17.1 Å². The molecule has 0 aliphatic heterocycles. The maximum atomic E-state index is 6.77. The van der Waals surface area contributed by atoms with Crippen molar-refractivity contribution in [3.05, 3.63) is 200 Å². The van der Waals surface area contributed by atoms with Crippen LogP contribution >= 0.6 is 0 Å². The molecule has 0 radical (unpaired) electrons. The fourth-order valence-corrected chi connectivity index (χ4v) is 7.97. The van der Waals surface area contributed by atoms with E-state index in [-0.39, 0.29) is 0 Å². The van der Waals surface area contributed by atoms with Gasteiger partial charge in [0.05, 0.1) is 17.1 Å². The summed E-state index contributed by atoms with van der Waals surface area (Å²) in [5.74, 6) is 0. The van der Waals surface area contributed by atoms with Crippen molar-refractivity contribution >= 4 is 60.5 Å². The Morgan fingerprint density at radius 2 is 0.808 bits per heavy atom. The van der Waals surface area contributed by atoms with Crippen LogP contribution in [0.25, 0.3) is 76.9 Å². The van der Waals surface area contributed by atoms with Crippen LogP contribution in [-0.4, -0.2) is 0 Å². The quantitative estimate of drug-likeness (QED) is 0.176. The van der Waals surface area contributed by atoms with Crippen molar-refractivity contribution in [2.24, 2.45) is 0 Å². The zero-order chi connectivity index (χ0) is 34.4. The van der Waals surface area contributed by atoms with Gasteiger partial charge in [-0.15, -0.1) is 0 Å². The van der Waals surface area contributed by atoms with Gasteiger partial charge in [0.2, 0.25) is 0 Å². The van der Waals surface area contributed by atoms with Gasteiger partial charge in [0.15, 0.2) is 5.58 Å². The zero-order valence-electron chi connectivity index (χ0n) is 28.4. The number of benzene rings is 9. The Morgan fingerprint density at radius 1 is 0.308 bits per heavy atom. The number of furan rings is 1.